The third-order valence-electron chi connectivity index (χ3n) is 2.23. The maximum Gasteiger partial charge on any atom is 0.162 e. The molecule has 2 rings (SSSR count). The predicted octanol–water partition coefficient (Wildman–Crippen LogP) is 3.57. The number of hydrogen-bond acceptors (Lipinski definition) is 3. The molecule has 0 aliphatic carbocycles. The van der Waals surface area contributed by atoms with Gasteiger partial charge in [-0.15, -0.1) is 0 Å². The minimum absolute atomic E-state index is 0.160. The van der Waals surface area contributed by atoms with Gasteiger partial charge in [0, 0.05) is 11.6 Å². The van der Waals surface area contributed by atoms with Crippen LogP contribution in [0.2, 0.25) is 0 Å². The fourth-order valence-corrected chi connectivity index (χ4v) is 1.41. The molecule has 1 N–H and O–H groups in total. The summed E-state index contributed by atoms with van der Waals surface area (Å²) in [5.74, 6) is -1.39. The van der Waals surface area contributed by atoms with Crippen LogP contribution in [0.4, 0.5) is 8.78 Å². The van der Waals surface area contributed by atoms with Gasteiger partial charge < -0.3 is 9.94 Å². The number of halogens is 2. The lowest BCUT2D eigenvalue weighted by molar-refractivity contribution is 0.321. The molecule has 0 unspecified atom stereocenters. The molecule has 0 fully saturated rings. The molecular weight excluding hydrogens is 240 g/mol. The van der Waals surface area contributed by atoms with E-state index in [2.05, 4.69) is 5.16 Å². The third kappa shape index (κ3) is 2.63. The third-order valence-corrected chi connectivity index (χ3v) is 2.23. The molecule has 0 amide bonds. The first kappa shape index (κ1) is 12.0. The standard InChI is InChI=1S/C13H9F2NO2/c14-11-6-5-10(7-12(11)15)18-13-4-2-1-3-9(13)8-16-17/h1-8,17H/b16-8+. The van der Waals surface area contributed by atoms with Crippen molar-refractivity contribution in [2.45, 2.75) is 0 Å². The fraction of sp³-hybridized carbons (Fsp3) is 0. The van der Waals surface area contributed by atoms with Gasteiger partial charge in [0.05, 0.1) is 6.21 Å². The maximum atomic E-state index is 13.0. The summed E-state index contributed by atoms with van der Waals surface area (Å²) in [7, 11) is 0. The van der Waals surface area contributed by atoms with Crippen molar-refractivity contribution in [3.05, 3.63) is 59.7 Å². The summed E-state index contributed by atoms with van der Waals surface area (Å²) in [5.41, 5.74) is 0.518. The van der Waals surface area contributed by atoms with Crippen molar-refractivity contribution in [2.24, 2.45) is 5.16 Å². The van der Waals surface area contributed by atoms with E-state index >= 15 is 0 Å². The molecule has 92 valence electrons. The van der Waals surface area contributed by atoms with Crippen molar-refractivity contribution >= 4 is 6.21 Å². The van der Waals surface area contributed by atoms with E-state index in [-0.39, 0.29) is 5.75 Å². The van der Waals surface area contributed by atoms with Gasteiger partial charge in [-0.3, -0.25) is 0 Å². The average Bonchev–Trinajstić information content (AvgIpc) is 2.37. The number of oxime groups is 1. The first-order valence-electron chi connectivity index (χ1n) is 5.10. The molecule has 0 saturated carbocycles. The van der Waals surface area contributed by atoms with E-state index in [1.807, 2.05) is 0 Å². The number of rotatable bonds is 3. The normalized spacial score (nSPS) is 10.8. The van der Waals surface area contributed by atoms with E-state index in [1.165, 1.54) is 12.3 Å². The van der Waals surface area contributed by atoms with E-state index in [9.17, 15) is 8.78 Å². The summed E-state index contributed by atoms with van der Waals surface area (Å²) in [6.07, 6.45) is 1.19. The number of hydrogen-bond donors (Lipinski definition) is 1. The molecular formula is C13H9F2NO2. The van der Waals surface area contributed by atoms with Gasteiger partial charge in [0.1, 0.15) is 11.5 Å². The second-order valence-corrected chi connectivity index (χ2v) is 3.46. The van der Waals surface area contributed by atoms with Crippen molar-refractivity contribution in [1.82, 2.24) is 0 Å². The van der Waals surface area contributed by atoms with E-state index in [0.717, 1.165) is 12.1 Å². The topological polar surface area (TPSA) is 41.8 Å². The van der Waals surface area contributed by atoms with Gasteiger partial charge in [0.2, 0.25) is 0 Å². The lowest BCUT2D eigenvalue weighted by Crippen LogP contribution is -1.92. The number of para-hydroxylation sites is 1. The summed E-state index contributed by atoms with van der Waals surface area (Å²) in [4.78, 5) is 0. The second-order valence-electron chi connectivity index (χ2n) is 3.46. The predicted molar refractivity (Wildman–Crippen MR) is 62.3 cm³/mol. The summed E-state index contributed by atoms with van der Waals surface area (Å²) in [6, 6.07) is 9.97. The summed E-state index contributed by atoms with van der Waals surface area (Å²) in [6.45, 7) is 0. The molecule has 0 bridgehead atoms. The molecule has 0 spiro atoms. The Bertz CT molecular complexity index is 585. The smallest absolute Gasteiger partial charge is 0.162 e. The Balaban J connectivity index is 2.31. The SMILES string of the molecule is O/N=C/c1ccccc1Oc1ccc(F)c(F)c1. The number of ether oxygens (including phenoxy) is 1. The largest absolute Gasteiger partial charge is 0.457 e. The first-order chi connectivity index (χ1) is 8.70. The highest BCUT2D eigenvalue weighted by Gasteiger charge is 2.06. The van der Waals surface area contributed by atoms with Crippen molar-refractivity contribution in [2.75, 3.05) is 0 Å². The van der Waals surface area contributed by atoms with Crippen LogP contribution in [0.3, 0.4) is 0 Å². The van der Waals surface area contributed by atoms with Crippen LogP contribution in [0.1, 0.15) is 5.56 Å². The zero-order valence-corrected chi connectivity index (χ0v) is 9.18. The van der Waals surface area contributed by atoms with Crippen LogP contribution in [-0.4, -0.2) is 11.4 Å². The molecule has 0 atom stereocenters. The van der Waals surface area contributed by atoms with Crippen molar-refractivity contribution < 1.29 is 18.7 Å². The van der Waals surface area contributed by atoms with E-state index in [1.54, 1.807) is 24.3 Å². The highest BCUT2D eigenvalue weighted by Crippen LogP contribution is 2.25. The zero-order valence-electron chi connectivity index (χ0n) is 9.18. The van der Waals surface area contributed by atoms with Crippen LogP contribution in [0.15, 0.2) is 47.6 Å². The molecule has 0 aliphatic rings. The second kappa shape index (κ2) is 5.27. The van der Waals surface area contributed by atoms with Gasteiger partial charge in [-0.25, -0.2) is 8.78 Å². The van der Waals surface area contributed by atoms with Gasteiger partial charge in [-0.1, -0.05) is 17.3 Å². The Morgan fingerprint density at radius 2 is 1.83 bits per heavy atom. The van der Waals surface area contributed by atoms with Gasteiger partial charge >= 0.3 is 0 Å². The Morgan fingerprint density at radius 3 is 2.56 bits per heavy atom. The molecule has 3 nitrogen and oxygen atoms in total. The van der Waals surface area contributed by atoms with E-state index in [4.69, 9.17) is 9.94 Å². The van der Waals surface area contributed by atoms with Crippen LogP contribution in [-0.2, 0) is 0 Å². The van der Waals surface area contributed by atoms with Gasteiger partial charge in [0.15, 0.2) is 11.6 Å². The van der Waals surface area contributed by atoms with Crippen molar-refractivity contribution in [3.63, 3.8) is 0 Å². The quantitative estimate of drug-likeness (QED) is 0.513. The molecule has 0 aromatic heterocycles. The van der Waals surface area contributed by atoms with E-state index < -0.39 is 11.6 Å². The minimum Gasteiger partial charge on any atom is -0.457 e. The molecule has 2 aromatic rings. The lowest BCUT2D eigenvalue weighted by atomic mass is 10.2. The van der Waals surface area contributed by atoms with E-state index in [0.29, 0.717) is 11.3 Å². The molecule has 0 aliphatic heterocycles. The Hall–Kier alpha value is -2.43. The molecule has 0 radical (unpaired) electrons. The first-order valence-corrected chi connectivity index (χ1v) is 5.10. The highest BCUT2D eigenvalue weighted by molar-refractivity contribution is 5.83. The molecule has 2 aromatic carbocycles. The Morgan fingerprint density at radius 1 is 1.06 bits per heavy atom. The van der Waals surface area contributed by atoms with Crippen LogP contribution in [0, 0.1) is 11.6 Å². The van der Waals surface area contributed by atoms with Crippen LogP contribution in [0.25, 0.3) is 0 Å². The van der Waals surface area contributed by atoms with Crippen LogP contribution >= 0.6 is 0 Å². The van der Waals surface area contributed by atoms with Crippen LogP contribution < -0.4 is 4.74 Å². The minimum atomic E-state index is -0.985. The molecule has 0 heterocycles. The fourth-order valence-electron chi connectivity index (χ4n) is 1.41. The summed E-state index contributed by atoms with van der Waals surface area (Å²) in [5, 5.41) is 11.4. The Labute approximate surface area is 102 Å². The highest BCUT2D eigenvalue weighted by atomic mass is 19.2. The van der Waals surface area contributed by atoms with Gasteiger partial charge in [0.25, 0.3) is 0 Å². The lowest BCUT2D eigenvalue weighted by Gasteiger charge is -2.08. The van der Waals surface area contributed by atoms with Crippen molar-refractivity contribution in [3.8, 4) is 11.5 Å². The van der Waals surface area contributed by atoms with Crippen LogP contribution in [0.5, 0.6) is 11.5 Å². The monoisotopic (exact) mass is 249 g/mol. The summed E-state index contributed by atoms with van der Waals surface area (Å²) < 4.78 is 31.2. The zero-order chi connectivity index (χ0) is 13.0. The molecule has 0 saturated heterocycles. The molecule has 18 heavy (non-hydrogen) atoms. The Kier molecular flexibility index (Phi) is 3.52. The summed E-state index contributed by atoms with van der Waals surface area (Å²) >= 11 is 0. The van der Waals surface area contributed by atoms with Gasteiger partial charge in [-0.05, 0) is 24.3 Å². The average molecular weight is 249 g/mol. The maximum absolute atomic E-state index is 13.0. The van der Waals surface area contributed by atoms with Gasteiger partial charge in [-0.2, -0.15) is 0 Å². The molecule has 5 heteroatoms. The number of nitrogens with zero attached hydrogens (tertiary/aromatic N) is 1. The number of benzene rings is 2. The van der Waals surface area contributed by atoms with Crippen molar-refractivity contribution in [1.29, 1.82) is 0 Å².